The molecule has 1 aromatic rings. The summed E-state index contributed by atoms with van der Waals surface area (Å²) in [5.41, 5.74) is 1.16. The van der Waals surface area contributed by atoms with Crippen LogP contribution in [0.15, 0.2) is 30.3 Å². The summed E-state index contributed by atoms with van der Waals surface area (Å²) in [6.07, 6.45) is 3.79. The lowest BCUT2D eigenvalue weighted by Crippen LogP contribution is -2.38. The minimum atomic E-state index is -3.85. The van der Waals surface area contributed by atoms with E-state index in [9.17, 15) is 8.42 Å². The molecule has 1 saturated carbocycles. The Kier molecular flexibility index (Phi) is 6.17. The third kappa shape index (κ3) is 6.13. The number of benzene rings is 1. The van der Waals surface area contributed by atoms with Gasteiger partial charge in [-0.15, -0.1) is 0 Å². The van der Waals surface area contributed by atoms with E-state index in [2.05, 4.69) is 5.32 Å². The molecule has 1 aliphatic carbocycles. The summed E-state index contributed by atoms with van der Waals surface area (Å²) >= 11 is 0. The zero-order chi connectivity index (χ0) is 15.1. The predicted molar refractivity (Wildman–Crippen MR) is 81.7 cm³/mol. The van der Waals surface area contributed by atoms with Crippen molar-refractivity contribution in [2.24, 2.45) is 0 Å². The van der Waals surface area contributed by atoms with Gasteiger partial charge >= 0.3 is 0 Å². The number of ether oxygens (including phenoxy) is 1. The van der Waals surface area contributed by atoms with Crippen LogP contribution in [0.3, 0.4) is 0 Å². The fraction of sp³-hybridized carbons (Fsp3) is 0.600. The van der Waals surface area contributed by atoms with E-state index in [0.717, 1.165) is 24.8 Å². The molecule has 118 valence electrons. The van der Waals surface area contributed by atoms with Crippen LogP contribution in [0.5, 0.6) is 0 Å². The van der Waals surface area contributed by atoms with Gasteiger partial charge in [0.1, 0.15) is 0 Å². The molecular weight excluding hydrogens is 290 g/mol. The Labute approximate surface area is 126 Å². The minimum absolute atomic E-state index is 0.177. The van der Waals surface area contributed by atoms with Gasteiger partial charge in [-0.25, -0.2) is 0 Å². The van der Waals surface area contributed by atoms with Gasteiger partial charge in [-0.05, 0) is 37.8 Å². The highest BCUT2D eigenvalue weighted by Gasteiger charge is 2.27. The van der Waals surface area contributed by atoms with Crippen LogP contribution in [0.4, 0.5) is 0 Å². The minimum Gasteiger partial charge on any atom is -0.372 e. The maximum absolute atomic E-state index is 10.7. The molecule has 2 atom stereocenters. The number of rotatable bonds is 8. The summed E-state index contributed by atoms with van der Waals surface area (Å²) in [5, 5.41) is 3.34. The first-order valence-electron chi connectivity index (χ1n) is 7.39. The SMILES string of the molecule is O=S(=O)(O)CCCNC1CCC[C@@H]1OCc1ccccc1. The second-order valence-electron chi connectivity index (χ2n) is 5.47. The number of hydrogen-bond acceptors (Lipinski definition) is 4. The molecule has 6 heteroatoms. The van der Waals surface area contributed by atoms with Gasteiger partial charge in [0, 0.05) is 6.04 Å². The Balaban J connectivity index is 1.70. The van der Waals surface area contributed by atoms with Gasteiger partial charge in [-0.1, -0.05) is 30.3 Å². The average molecular weight is 313 g/mol. The first-order chi connectivity index (χ1) is 10.0. The molecule has 0 spiro atoms. The molecule has 21 heavy (non-hydrogen) atoms. The summed E-state index contributed by atoms with van der Waals surface area (Å²) in [5.74, 6) is -0.192. The Morgan fingerprint density at radius 3 is 2.71 bits per heavy atom. The van der Waals surface area contributed by atoms with E-state index in [1.54, 1.807) is 0 Å². The van der Waals surface area contributed by atoms with Crippen molar-refractivity contribution in [3.05, 3.63) is 35.9 Å². The summed E-state index contributed by atoms with van der Waals surface area (Å²) in [6.45, 7) is 1.18. The van der Waals surface area contributed by atoms with Crippen LogP contribution in [0.25, 0.3) is 0 Å². The summed E-state index contributed by atoms with van der Waals surface area (Å²) in [6, 6.07) is 10.3. The van der Waals surface area contributed by atoms with Gasteiger partial charge in [-0.2, -0.15) is 8.42 Å². The molecule has 0 heterocycles. The molecule has 0 saturated heterocycles. The molecule has 1 aliphatic rings. The molecule has 1 aromatic carbocycles. The average Bonchev–Trinajstić information content (AvgIpc) is 2.89. The lowest BCUT2D eigenvalue weighted by Gasteiger charge is -2.21. The third-order valence-electron chi connectivity index (χ3n) is 3.75. The molecule has 0 bridgehead atoms. The van der Waals surface area contributed by atoms with E-state index in [4.69, 9.17) is 9.29 Å². The Bertz CT molecular complexity index is 518. The fourth-order valence-corrected chi connectivity index (χ4v) is 3.19. The second-order valence-corrected chi connectivity index (χ2v) is 7.04. The van der Waals surface area contributed by atoms with Crippen molar-refractivity contribution >= 4 is 10.1 Å². The molecule has 1 unspecified atom stereocenters. The summed E-state index contributed by atoms with van der Waals surface area (Å²) < 4.78 is 36.0. The first kappa shape index (κ1) is 16.4. The lowest BCUT2D eigenvalue weighted by atomic mass is 10.2. The van der Waals surface area contributed by atoms with Gasteiger partial charge in [0.2, 0.25) is 0 Å². The molecule has 0 aliphatic heterocycles. The van der Waals surface area contributed by atoms with Gasteiger partial charge < -0.3 is 10.1 Å². The van der Waals surface area contributed by atoms with E-state index in [1.165, 1.54) is 0 Å². The van der Waals surface area contributed by atoms with Gasteiger partial charge in [0.05, 0.1) is 18.5 Å². The molecular formula is C15H23NO4S. The molecule has 5 nitrogen and oxygen atoms in total. The normalized spacial score (nSPS) is 22.5. The Morgan fingerprint density at radius 2 is 2.00 bits per heavy atom. The first-order valence-corrected chi connectivity index (χ1v) is 8.99. The largest absolute Gasteiger partial charge is 0.372 e. The highest BCUT2D eigenvalue weighted by Crippen LogP contribution is 2.23. The number of nitrogens with one attached hydrogen (secondary N) is 1. The highest BCUT2D eigenvalue weighted by atomic mass is 32.2. The lowest BCUT2D eigenvalue weighted by molar-refractivity contribution is 0.0280. The van der Waals surface area contributed by atoms with Crippen LogP contribution < -0.4 is 5.32 Å². The van der Waals surface area contributed by atoms with Crippen molar-refractivity contribution in [3.8, 4) is 0 Å². The molecule has 0 radical (unpaired) electrons. The molecule has 1 fully saturated rings. The maximum Gasteiger partial charge on any atom is 0.264 e. The van der Waals surface area contributed by atoms with E-state index in [1.807, 2.05) is 30.3 Å². The molecule has 2 rings (SSSR count). The van der Waals surface area contributed by atoms with Crippen molar-refractivity contribution in [3.63, 3.8) is 0 Å². The van der Waals surface area contributed by atoms with Crippen molar-refractivity contribution in [2.45, 2.75) is 44.4 Å². The Hall–Kier alpha value is -0.950. The predicted octanol–water partition coefficient (Wildman–Crippen LogP) is 1.99. The fourth-order valence-electron chi connectivity index (χ4n) is 2.68. The smallest absolute Gasteiger partial charge is 0.264 e. The van der Waals surface area contributed by atoms with Crippen LogP contribution in [-0.2, 0) is 21.5 Å². The van der Waals surface area contributed by atoms with Crippen molar-refractivity contribution < 1.29 is 17.7 Å². The van der Waals surface area contributed by atoms with E-state index in [-0.39, 0.29) is 17.9 Å². The van der Waals surface area contributed by atoms with Gasteiger partial charge in [-0.3, -0.25) is 4.55 Å². The van der Waals surface area contributed by atoms with E-state index >= 15 is 0 Å². The molecule has 0 amide bonds. The van der Waals surface area contributed by atoms with Crippen LogP contribution in [0.2, 0.25) is 0 Å². The molecule has 0 aromatic heterocycles. The summed E-state index contributed by atoms with van der Waals surface area (Å²) in [7, 11) is -3.85. The zero-order valence-corrected chi connectivity index (χ0v) is 12.9. The van der Waals surface area contributed by atoms with Crippen LogP contribution in [-0.4, -0.2) is 37.4 Å². The Morgan fingerprint density at radius 1 is 1.24 bits per heavy atom. The molecule has 2 N–H and O–H groups in total. The van der Waals surface area contributed by atoms with Crippen LogP contribution >= 0.6 is 0 Å². The van der Waals surface area contributed by atoms with Crippen molar-refractivity contribution in [1.82, 2.24) is 5.32 Å². The third-order valence-corrected chi connectivity index (χ3v) is 4.55. The van der Waals surface area contributed by atoms with Crippen molar-refractivity contribution in [2.75, 3.05) is 12.3 Å². The standard InChI is InChI=1S/C15H23NO4S/c17-21(18,19)11-5-10-16-14-8-4-9-15(14)20-12-13-6-2-1-3-7-13/h1-3,6-7,14-16H,4-5,8-12H2,(H,17,18,19)/t14?,15-/m0/s1. The number of hydrogen-bond donors (Lipinski definition) is 2. The van der Waals surface area contributed by atoms with Crippen LogP contribution in [0, 0.1) is 0 Å². The van der Waals surface area contributed by atoms with Crippen LogP contribution in [0.1, 0.15) is 31.2 Å². The van der Waals surface area contributed by atoms with E-state index in [0.29, 0.717) is 19.6 Å². The van der Waals surface area contributed by atoms with Gasteiger partial charge in [0.15, 0.2) is 0 Å². The topological polar surface area (TPSA) is 75.6 Å². The monoisotopic (exact) mass is 313 g/mol. The van der Waals surface area contributed by atoms with Gasteiger partial charge in [0.25, 0.3) is 10.1 Å². The summed E-state index contributed by atoms with van der Waals surface area (Å²) in [4.78, 5) is 0. The highest BCUT2D eigenvalue weighted by molar-refractivity contribution is 7.85. The quantitative estimate of drug-likeness (QED) is 0.567. The maximum atomic E-state index is 10.7. The zero-order valence-electron chi connectivity index (χ0n) is 12.1. The van der Waals surface area contributed by atoms with Crippen molar-refractivity contribution in [1.29, 1.82) is 0 Å². The van der Waals surface area contributed by atoms with E-state index < -0.39 is 10.1 Å². The second kappa shape index (κ2) is 7.89.